The molecule has 8 rings (SSSR count). The minimum atomic E-state index is -4.13. The highest BCUT2D eigenvalue weighted by Gasteiger charge is 2.73. The number of hydrogen-bond donors (Lipinski definition) is 3. The Hall–Kier alpha value is -4.86. The van der Waals surface area contributed by atoms with Crippen molar-refractivity contribution < 1.29 is 36.9 Å². The monoisotopic (exact) mass is 662 g/mol. The van der Waals surface area contributed by atoms with E-state index in [1.165, 1.54) is 0 Å². The Morgan fingerprint density at radius 3 is 1.81 bits per heavy atom. The average Bonchev–Trinajstić information content (AvgIpc) is 3.78. The van der Waals surface area contributed by atoms with Crippen LogP contribution in [-0.4, -0.2) is 38.1 Å². The van der Waals surface area contributed by atoms with Crippen LogP contribution in [0.2, 0.25) is 0 Å². The van der Waals surface area contributed by atoms with Crippen molar-refractivity contribution in [2.24, 2.45) is 0 Å². The molecule has 3 aromatic carbocycles. The lowest BCUT2D eigenvalue weighted by Gasteiger charge is -2.10. The van der Waals surface area contributed by atoms with Crippen molar-refractivity contribution in [2.45, 2.75) is 58.3 Å². The summed E-state index contributed by atoms with van der Waals surface area (Å²) in [5.41, 5.74) is 7.93. The molecule has 5 heterocycles. The summed E-state index contributed by atoms with van der Waals surface area (Å²) in [4.78, 5) is 0. The lowest BCUT2D eigenvalue weighted by molar-refractivity contribution is -0.728. The number of benzene rings is 3. The van der Waals surface area contributed by atoms with Gasteiger partial charge in [-0.3, -0.25) is 4.55 Å². The number of unbranched alkanes of at least 4 members (excludes halogenated alkanes) is 1. The second-order valence-corrected chi connectivity index (χ2v) is 14.0. The fourth-order valence-corrected chi connectivity index (χ4v) is 8.10. The Kier molecular flexibility index (Phi) is 7.23. The van der Waals surface area contributed by atoms with Crippen LogP contribution in [0.4, 0.5) is 0 Å². The maximum atomic E-state index is 11.7. The third-order valence-electron chi connectivity index (χ3n) is 9.46. The lowest BCUT2D eigenvalue weighted by Crippen LogP contribution is -2.58. The normalized spacial score (nSPS) is 15.8. The van der Waals surface area contributed by atoms with Gasteiger partial charge in [-0.15, -0.1) is 9.13 Å². The van der Waals surface area contributed by atoms with E-state index in [0.29, 0.717) is 23.2 Å². The second-order valence-electron chi connectivity index (χ2n) is 12.5. The zero-order valence-corrected chi connectivity index (χ0v) is 27.4. The second kappa shape index (κ2) is 11.4. The van der Waals surface area contributed by atoms with Gasteiger partial charge in [0.15, 0.2) is 22.1 Å². The van der Waals surface area contributed by atoms with E-state index in [2.05, 4.69) is 84.1 Å². The van der Waals surface area contributed by atoms with Crippen LogP contribution < -0.4 is 13.7 Å². The number of pyridine rings is 1. The van der Waals surface area contributed by atoms with Crippen molar-refractivity contribution in [1.29, 1.82) is 0 Å². The molecule has 2 aliphatic heterocycles. The largest absolute Gasteiger partial charge is 0.528 e. The van der Waals surface area contributed by atoms with Gasteiger partial charge in [0.25, 0.3) is 10.1 Å². The lowest BCUT2D eigenvalue weighted by atomic mass is 10.1. The smallest absolute Gasteiger partial charge is 0.392 e. The minimum Gasteiger partial charge on any atom is -0.392 e. The van der Waals surface area contributed by atoms with Gasteiger partial charge in [0.1, 0.15) is 0 Å². The van der Waals surface area contributed by atoms with Gasteiger partial charge >= 0.3 is 28.8 Å². The van der Waals surface area contributed by atoms with Gasteiger partial charge in [-0.1, -0.05) is 54.2 Å². The number of rotatable bonds is 9. The molecular formula is C37H36N5O5S+3. The molecule has 242 valence electrons. The van der Waals surface area contributed by atoms with E-state index in [4.69, 9.17) is 0 Å². The number of para-hydroxylation sites is 4. The van der Waals surface area contributed by atoms with Gasteiger partial charge < -0.3 is 10.2 Å². The molecule has 1 atom stereocenters. The van der Waals surface area contributed by atoms with Crippen LogP contribution in [-0.2, 0) is 42.2 Å². The predicted octanol–water partition coefficient (Wildman–Crippen LogP) is 3.24. The third kappa shape index (κ3) is 4.44. The highest BCUT2D eigenvalue weighted by atomic mass is 32.2. The van der Waals surface area contributed by atoms with Crippen molar-refractivity contribution in [1.82, 2.24) is 9.13 Å². The quantitative estimate of drug-likeness (QED) is 0.125. The van der Waals surface area contributed by atoms with E-state index in [1.807, 2.05) is 36.4 Å². The number of aryl methyl sites for hydroxylation is 2. The summed E-state index contributed by atoms with van der Waals surface area (Å²) in [6.45, 7) is 3.05. The third-order valence-corrected chi connectivity index (χ3v) is 10.3. The summed E-state index contributed by atoms with van der Waals surface area (Å²) in [5, 5.41) is 20.0. The number of aliphatic hydroxyl groups excluding tert-OH is 2. The number of nitrogens with zero attached hydrogens (tertiary/aromatic N) is 5. The van der Waals surface area contributed by atoms with Gasteiger partial charge in [-0.25, -0.2) is 9.13 Å². The Morgan fingerprint density at radius 1 is 0.750 bits per heavy atom. The molecule has 10 nitrogen and oxygen atoms in total. The standard InChI is InChI=1S/C37H35N5O5S/c1-2-3-18-38-29-10-4-6-12-31(29)41-35(38)33-14-8-15-34-36-39(19-9-20-48(45,46)47)30-11-5-7-13-32(30)42(36)37(41,40(33)34)17-16-26-21-27(24-43)23-28(22-26)25-44/h4-8,10-15,21-23,43-44H,2-3,9,18-20,24-25H2,1H3/q+2/p+1. The first kappa shape index (κ1) is 30.5. The van der Waals surface area contributed by atoms with E-state index in [-0.39, 0.29) is 25.4 Å². The number of hydrogen-bond acceptors (Lipinski definition) is 4. The van der Waals surface area contributed by atoms with Crippen molar-refractivity contribution in [3.05, 3.63) is 102 Å². The molecule has 0 aliphatic carbocycles. The number of fused-ring (bicyclic) bond motifs is 10. The molecule has 6 aromatic rings. The first-order valence-electron chi connectivity index (χ1n) is 16.3. The summed E-state index contributed by atoms with van der Waals surface area (Å²) < 4.78 is 44.5. The Balaban J connectivity index is 1.50. The molecule has 3 N–H and O–H groups in total. The van der Waals surface area contributed by atoms with E-state index in [1.54, 1.807) is 6.07 Å². The highest BCUT2D eigenvalue weighted by molar-refractivity contribution is 7.85. The first-order valence-corrected chi connectivity index (χ1v) is 17.9. The van der Waals surface area contributed by atoms with Crippen LogP contribution in [0.5, 0.6) is 0 Å². The maximum Gasteiger partial charge on any atom is 0.528 e. The highest BCUT2D eigenvalue weighted by Crippen LogP contribution is 2.44. The molecule has 1 unspecified atom stereocenters. The summed E-state index contributed by atoms with van der Waals surface area (Å²) in [5.74, 6) is 7.70. The molecule has 3 aromatic heterocycles. The maximum absolute atomic E-state index is 11.7. The minimum absolute atomic E-state index is 0.171. The van der Waals surface area contributed by atoms with Crippen molar-refractivity contribution in [2.75, 3.05) is 5.75 Å². The molecule has 0 fully saturated rings. The molecule has 48 heavy (non-hydrogen) atoms. The van der Waals surface area contributed by atoms with Crippen LogP contribution >= 0.6 is 0 Å². The Labute approximate surface area is 278 Å². The van der Waals surface area contributed by atoms with Crippen molar-refractivity contribution >= 4 is 32.2 Å². The van der Waals surface area contributed by atoms with Crippen LogP contribution in [0, 0.1) is 11.8 Å². The molecule has 0 bridgehead atoms. The average molecular weight is 663 g/mol. The zero-order valence-electron chi connectivity index (χ0n) is 26.5. The molecule has 0 amide bonds. The van der Waals surface area contributed by atoms with E-state index >= 15 is 0 Å². The first-order chi connectivity index (χ1) is 23.3. The summed E-state index contributed by atoms with van der Waals surface area (Å²) in [7, 11) is -4.13. The molecular weight excluding hydrogens is 627 g/mol. The molecule has 11 heteroatoms. The van der Waals surface area contributed by atoms with Crippen molar-refractivity contribution in [3.8, 4) is 34.9 Å². The van der Waals surface area contributed by atoms with Gasteiger partial charge in [-0.05, 0) is 60.0 Å². The molecule has 0 saturated carbocycles. The number of imidazole rings is 2. The van der Waals surface area contributed by atoms with Gasteiger partial charge in [0, 0.05) is 24.1 Å². The van der Waals surface area contributed by atoms with Crippen LogP contribution in [0.3, 0.4) is 0 Å². The van der Waals surface area contributed by atoms with Crippen molar-refractivity contribution in [3.63, 3.8) is 0 Å². The fourth-order valence-electron chi connectivity index (χ4n) is 7.61. The van der Waals surface area contributed by atoms with E-state index < -0.39 is 15.9 Å². The van der Waals surface area contributed by atoms with Gasteiger partial charge in [0.2, 0.25) is 0 Å². The summed E-state index contributed by atoms with van der Waals surface area (Å²) in [6.07, 6.45) is 2.28. The summed E-state index contributed by atoms with van der Waals surface area (Å²) >= 11 is 0. The van der Waals surface area contributed by atoms with Crippen LogP contribution in [0.25, 0.3) is 45.1 Å². The fraction of sp³-hybridized carbons (Fsp3) is 0.270. The number of aromatic nitrogens is 5. The van der Waals surface area contributed by atoms with Gasteiger partial charge in [0.05, 0.1) is 38.0 Å². The predicted molar refractivity (Wildman–Crippen MR) is 179 cm³/mol. The molecule has 0 spiro atoms. The summed E-state index contributed by atoms with van der Waals surface area (Å²) in [6, 6.07) is 28.2. The Morgan fingerprint density at radius 2 is 1.29 bits per heavy atom. The SMILES string of the molecule is CCCC[n+]1c2n(c3ccccc31)C1(C#Cc3cc(CO)cc(CO)c3)n3c([n+](CCCS(=O)(=O)O)c4ccccc43)-c3cccc-2[n+]31. The molecule has 2 aliphatic rings. The molecule has 0 radical (unpaired) electrons. The van der Waals surface area contributed by atoms with E-state index in [9.17, 15) is 23.2 Å². The molecule has 0 saturated heterocycles. The van der Waals surface area contributed by atoms with Crippen LogP contribution in [0.15, 0.2) is 84.9 Å². The number of aliphatic hydroxyl groups is 2. The van der Waals surface area contributed by atoms with Gasteiger partial charge in [-0.2, -0.15) is 8.42 Å². The van der Waals surface area contributed by atoms with E-state index in [0.717, 1.165) is 64.5 Å². The Bertz CT molecular complexity index is 2430. The topological polar surface area (TPSA) is 116 Å². The zero-order chi connectivity index (χ0) is 33.2. The van der Waals surface area contributed by atoms with Crippen LogP contribution in [0.1, 0.15) is 42.9 Å².